The first-order chi connectivity index (χ1) is 11.0. The van der Waals surface area contributed by atoms with E-state index < -0.39 is 18.5 Å². The van der Waals surface area contributed by atoms with Crippen molar-refractivity contribution in [1.29, 1.82) is 0 Å². The highest BCUT2D eigenvalue weighted by molar-refractivity contribution is 6.32. The van der Waals surface area contributed by atoms with Crippen LogP contribution in [0.25, 0.3) is 0 Å². The van der Waals surface area contributed by atoms with E-state index in [2.05, 4.69) is 10.3 Å². The van der Waals surface area contributed by atoms with Crippen LogP contribution in [0.5, 0.6) is 0 Å². The second-order valence-electron chi connectivity index (χ2n) is 4.91. The number of carbonyl (C=O) groups excluding carboxylic acids is 2. The Kier molecular flexibility index (Phi) is 5.54. The molecule has 0 unspecified atom stereocenters. The molecule has 7 heteroatoms. The SMILES string of the molecule is CN(C)c1ccc(NC(=O)COC(=O)c2cccnc2Cl)cc1. The van der Waals surface area contributed by atoms with Gasteiger partial charge in [-0.1, -0.05) is 11.6 Å². The molecule has 23 heavy (non-hydrogen) atoms. The van der Waals surface area contributed by atoms with Crippen molar-refractivity contribution in [2.75, 3.05) is 30.9 Å². The van der Waals surface area contributed by atoms with Gasteiger partial charge in [0.25, 0.3) is 5.91 Å². The van der Waals surface area contributed by atoms with Crippen LogP contribution in [0.4, 0.5) is 11.4 Å². The van der Waals surface area contributed by atoms with E-state index in [9.17, 15) is 9.59 Å². The van der Waals surface area contributed by atoms with Gasteiger partial charge in [0.15, 0.2) is 6.61 Å². The zero-order valence-electron chi connectivity index (χ0n) is 12.7. The minimum atomic E-state index is -0.693. The summed E-state index contributed by atoms with van der Waals surface area (Å²) in [5.41, 5.74) is 1.76. The fourth-order valence-corrected chi connectivity index (χ4v) is 1.98. The minimum Gasteiger partial charge on any atom is -0.452 e. The topological polar surface area (TPSA) is 71.5 Å². The van der Waals surface area contributed by atoms with Crippen molar-refractivity contribution in [1.82, 2.24) is 4.98 Å². The molecular weight excluding hydrogens is 318 g/mol. The lowest BCUT2D eigenvalue weighted by Gasteiger charge is -2.13. The van der Waals surface area contributed by atoms with E-state index in [1.54, 1.807) is 18.2 Å². The van der Waals surface area contributed by atoms with Crippen molar-refractivity contribution in [2.24, 2.45) is 0 Å². The van der Waals surface area contributed by atoms with Gasteiger partial charge in [0.05, 0.1) is 5.56 Å². The molecule has 0 aliphatic heterocycles. The van der Waals surface area contributed by atoms with Crippen LogP contribution >= 0.6 is 11.6 Å². The first kappa shape index (κ1) is 16.8. The minimum absolute atomic E-state index is 0.0391. The molecule has 1 N–H and O–H groups in total. The van der Waals surface area contributed by atoms with Crippen molar-refractivity contribution < 1.29 is 14.3 Å². The number of esters is 1. The van der Waals surface area contributed by atoms with Gasteiger partial charge >= 0.3 is 5.97 Å². The van der Waals surface area contributed by atoms with E-state index in [4.69, 9.17) is 16.3 Å². The predicted octanol–water partition coefficient (Wildman–Crippen LogP) is 2.60. The maximum absolute atomic E-state index is 11.8. The number of halogens is 1. The van der Waals surface area contributed by atoms with Gasteiger partial charge in [0.2, 0.25) is 0 Å². The van der Waals surface area contributed by atoms with Crippen LogP contribution in [0.3, 0.4) is 0 Å². The van der Waals surface area contributed by atoms with Gasteiger partial charge in [-0.2, -0.15) is 0 Å². The average molecular weight is 334 g/mol. The molecule has 0 saturated carbocycles. The zero-order chi connectivity index (χ0) is 16.8. The maximum Gasteiger partial charge on any atom is 0.341 e. The van der Waals surface area contributed by atoms with Crippen molar-refractivity contribution >= 4 is 34.9 Å². The third-order valence-corrected chi connectivity index (χ3v) is 3.28. The van der Waals surface area contributed by atoms with Gasteiger partial charge in [-0.05, 0) is 36.4 Å². The number of benzene rings is 1. The van der Waals surface area contributed by atoms with E-state index in [-0.39, 0.29) is 10.7 Å². The third-order valence-electron chi connectivity index (χ3n) is 2.98. The number of pyridine rings is 1. The van der Waals surface area contributed by atoms with E-state index in [0.717, 1.165) is 5.69 Å². The molecule has 0 aliphatic rings. The first-order valence-corrected chi connectivity index (χ1v) is 7.20. The van der Waals surface area contributed by atoms with Crippen molar-refractivity contribution in [3.05, 3.63) is 53.3 Å². The molecule has 120 valence electrons. The largest absolute Gasteiger partial charge is 0.452 e. The standard InChI is InChI=1S/C16H16ClN3O3/c1-20(2)12-7-5-11(6-8-12)19-14(21)10-23-16(22)13-4-3-9-18-15(13)17/h3-9H,10H2,1-2H3,(H,19,21). The van der Waals surface area contributed by atoms with E-state index in [1.165, 1.54) is 12.3 Å². The van der Waals surface area contributed by atoms with E-state index in [1.807, 2.05) is 31.1 Å². The number of carbonyl (C=O) groups is 2. The van der Waals surface area contributed by atoms with Gasteiger partial charge in [-0.3, -0.25) is 4.79 Å². The molecule has 6 nitrogen and oxygen atoms in total. The molecule has 1 amide bonds. The number of hydrogen-bond donors (Lipinski definition) is 1. The smallest absolute Gasteiger partial charge is 0.341 e. The molecule has 0 spiro atoms. The van der Waals surface area contributed by atoms with Crippen molar-refractivity contribution in [2.45, 2.75) is 0 Å². The molecule has 0 atom stereocenters. The summed E-state index contributed by atoms with van der Waals surface area (Å²) >= 11 is 5.79. The Morgan fingerprint density at radius 3 is 2.52 bits per heavy atom. The average Bonchev–Trinajstić information content (AvgIpc) is 2.53. The highest BCUT2D eigenvalue weighted by Crippen LogP contribution is 2.16. The number of ether oxygens (including phenoxy) is 1. The predicted molar refractivity (Wildman–Crippen MR) is 88.9 cm³/mol. The Morgan fingerprint density at radius 1 is 1.22 bits per heavy atom. The molecule has 2 rings (SSSR count). The molecular formula is C16H16ClN3O3. The lowest BCUT2D eigenvalue weighted by Crippen LogP contribution is -2.21. The Morgan fingerprint density at radius 2 is 1.91 bits per heavy atom. The summed E-state index contributed by atoms with van der Waals surface area (Å²) in [4.78, 5) is 29.3. The normalized spacial score (nSPS) is 10.0. The zero-order valence-corrected chi connectivity index (χ0v) is 13.5. The molecule has 0 fully saturated rings. The summed E-state index contributed by atoms with van der Waals surface area (Å²) in [6.45, 7) is -0.403. The summed E-state index contributed by atoms with van der Waals surface area (Å²) in [5.74, 6) is -1.13. The number of rotatable bonds is 5. The Hall–Kier alpha value is -2.60. The molecule has 1 aromatic carbocycles. The number of nitrogens with one attached hydrogen (secondary N) is 1. The number of anilines is 2. The van der Waals surface area contributed by atoms with Gasteiger partial charge in [0.1, 0.15) is 5.15 Å². The Balaban J connectivity index is 1.88. The van der Waals surface area contributed by atoms with Crippen LogP contribution < -0.4 is 10.2 Å². The molecule has 0 radical (unpaired) electrons. The van der Waals surface area contributed by atoms with Crippen molar-refractivity contribution in [3.8, 4) is 0 Å². The first-order valence-electron chi connectivity index (χ1n) is 6.82. The summed E-state index contributed by atoms with van der Waals surface area (Å²) in [7, 11) is 3.85. The fraction of sp³-hybridized carbons (Fsp3) is 0.188. The maximum atomic E-state index is 11.8. The van der Waals surface area contributed by atoms with Crippen LogP contribution in [0.15, 0.2) is 42.6 Å². The Labute approximate surface area is 139 Å². The molecule has 2 aromatic rings. The van der Waals surface area contributed by atoms with Gasteiger partial charge in [-0.25, -0.2) is 9.78 Å². The number of amides is 1. The molecule has 0 saturated heterocycles. The third kappa shape index (κ3) is 4.69. The number of hydrogen-bond acceptors (Lipinski definition) is 5. The van der Waals surface area contributed by atoms with E-state index >= 15 is 0 Å². The quantitative estimate of drug-likeness (QED) is 0.672. The van der Waals surface area contributed by atoms with Crippen LogP contribution in [0.2, 0.25) is 5.15 Å². The summed E-state index contributed by atoms with van der Waals surface area (Å²) in [5, 5.41) is 2.69. The van der Waals surface area contributed by atoms with Gasteiger partial charge < -0.3 is 15.0 Å². The molecule has 0 bridgehead atoms. The van der Waals surface area contributed by atoms with Crippen LogP contribution in [0, 0.1) is 0 Å². The van der Waals surface area contributed by atoms with Crippen LogP contribution in [-0.2, 0) is 9.53 Å². The molecule has 1 heterocycles. The van der Waals surface area contributed by atoms with E-state index in [0.29, 0.717) is 5.69 Å². The fourth-order valence-electron chi connectivity index (χ4n) is 1.79. The summed E-state index contributed by atoms with van der Waals surface area (Å²) < 4.78 is 4.92. The lowest BCUT2D eigenvalue weighted by molar-refractivity contribution is -0.119. The highest BCUT2D eigenvalue weighted by atomic mass is 35.5. The monoisotopic (exact) mass is 333 g/mol. The second-order valence-corrected chi connectivity index (χ2v) is 5.27. The van der Waals surface area contributed by atoms with Crippen LogP contribution in [-0.4, -0.2) is 37.6 Å². The summed E-state index contributed by atoms with van der Waals surface area (Å²) in [6.07, 6.45) is 1.46. The molecule has 1 aromatic heterocycles. The van der Waals surface area contributed by atoms with Crippen molar-refractivity contribution in [3.63, 3.8) is 0 Å². The lowest BCUT2D eigenvalue weighted by atomic mass is 10.2. The Bertz CT molecular complexity index is 702. The van der Waals surface area contributed by atoms with Gasteiger partial charge in [0, 0.05) is 31.7 Å². The second kappa shape index (κ2) is 7.60. The van der Waals surface area contributed by atoms with Gasteiger partial charge in [-0.15, -0.1) is 0 Å². The number of aromatic nitrogens is 1. The molecule has 0 aliphatic carbocycles. The summed E-state index contributed by atoms with van der Waals surface area (Å²) in [6, 6.07) is 10.3. The number of nitrogens with zero attached hydrogens (tertiary/aromatic N) is 2. The van der Waals surface area contributed by atoms with Crippen LogP contribution in [0.1, 0.15) is 10.4 Å². The highest BCUT2D eigenvalue weighted by Gasteiger charge is 2.14.